The molecule has 0 aromatic heterocycles. The summed E-state index contributed by atoms with van der Waals surface area (Å²) in [5.41, 5.74) is 2.89. The molecule has 0 amide bonds. The molecular formula is C13H14BrNO. The molecule has 1 unspecified atom stereocenters. The van der Waals surface area contributed by atoms with E-state index in [-0.39, 0.29) is 11.7 Å². The summed E-state index contributed by atoms with van der Waals surface area (Å²) in [6, 6.07) is 0. The molecule has 1 heterocycles. The average molecular weight is 280 g/mol. The first-order valence-electron chi connectivity index (χ1n) is 5.51. The fraction of sp³-hybridized carbons (Fsp3) is 0.385. The van der Waals surface area contributed by atoms with Gasteiger partial charge in [0.25, 0.3) is 0 Å². The molecule has 1 atom stereocenters. The quantitative estimate of drug-likeness (QED) is 0.760. The van der Waals surface area contributed by atoms with Crippen molar-refractivity contribution in [2.45, 2.75) is 26.7 Å². The van der Waals surface area contributed by atoms with Crippen molar-refractivity contribution in [2.75, 3.05) is 0 Å². The van der Waals surface area contributed by atoms with Crippen molar-refractivity contribution >= 4 is 27.4 Å². The molecule has 3 heteroatoms. The summed E-state index contributed by atoms with van der Waals surface area (Å²) in [7, 11) is 0. The van der Waals surface area contributed by atoms with E-state index in [0.717, 1.165) is 34.3 Å². The maximum atomic E-state index is 11.9. The van der Waals surface area contributed by atoms with Gasteiger partial charge in [-0.05, 0) is 18.9 Å². The summed E-state index contributed by atoms with van der Waals surface area (Å²) in [6.45, 7) is 4.10. The van der Waals surface area contributed by atoms with Crippen LogP contribution in [0.15, 0.2) is 39.0 Å². The fourth-order valence-corrected chi connectivity index (χ4v) is 2.32. The molecule has 0 fully saturated rings. The summed E-state index contributed by atoms with van der Waals surface area (Å²) >= 11 is 3.48. The minimum absolute atomic E-state index is 0.157. The van der Waals surface area contributed by atoms with Crippen molar-refractivity contribution < 1.29 is 4.79 Å². The first-order chi connectivity index (χ1) is 7.63. The zero-order chi connectivity index (χ0) is 11.7. The van der Waals surface area contributed by atoms with E-state index in [1.807, 2.05) is 19.1 Å². The predicted octanol–water partition coefficient (Wildman–Crippen LogP) is 3.55. The number of allylic oxidation sites excluding steroid dienone is 6. The molecule has 16 heavy (non-hydrogen) atoms. The van der Waals surface area contributed by atoms with Crippen molar-refractivity contribution in [3.05, 3.63) is 34.0 Å². The summed E-state index contributed by atoms with van der Waals surface area (Å²) in [5.74, 6) is -0.00837. The van der Waals surface area contributed by atoms with Gasteiger partial charge in [-0.3, -0.25) is 9.79 Å². The fourth-order valence-electron chi connectivity index (χ4n) is 1.96. The lowest BCUT2D eigenvalue weighted by Crippen LogP contribution is -2.27. The number of hydrogen-bond acceptors (Lipinski definition) is 2. The van der Waals surface area contributed by atoms with Gasteiger partial charge in [-0.15, -0.1) is 0 Å². The molecule has 0 radical (unpaired) electrons. The summed E-state index contributed by atoms with van der Waals surface area (Å²) in [5, 5.41) is 0. The Hall–Kier alpha value is -0.960. The van der Waals surface area contributed by atoms with E-state index in [9.17, 15) is 4.79 Å². The summed E-state index contributed by atoms with van der Waals surface area (Å²) in [4.78, 5) is 16.5. The molecule has 0 spiro atoms. The van der Waals surface area contributed by atoms with Crippen LogP contribution in [0, 0.1) is 5.92 Å². The number of carbonyl (C=O) groups excluding carboxylic acids is 1. The number of halogens is 1. The van der Waals surface area contributed by atoms with Crippen molar-refractivity contribution in [3.8, 4) is 0 Å². The molecule has 0 aromatic carbocycles. The van der Waals surface area contributed by atoms with E-state index < -0.39 is 0 Å². The van der Waals surface area contributed by atoms with Crippen molar-refractivity contribution in [2.24, 2.45) is 10.9 Å². The van der Waals surface area contributed by atoms with Crippen LogP contribution >= 0.6 is 15.9 Å². The Morgan fingerprint density at radius 2 is 2.25 bits per heavy atom. The third kappa shape index (κ3) is 1.96. The van der Waals surface area contributed by atoms with Crippen molar-refractivity contribution in [1.29, 1.82) is 0 Å². The van der Waals surface area contributed by atoms with Crippen LogP contribution < -0.4 is 0 Å². The number of rotatable bonds is 2. The van der Waals surface area contributed by atoms with Gasteiger partial charge in [0.2, 0.25) is 0 Å². The first kappa shape index (κ1) is 11.5. The molecule has 2 rings (SSSR count). The van der Waals surface area contributed by atoms with Gasteiger partial charge in [-0.1, -0.05) is 41.4 Å². The molecule has 2 nitrogen and oxygen atoms in total. The van der Waals surface area contributed by atoms with Crippen LogP contribution in [0.3, 0.4) is 0 Å². The minimum Gasteiger partial charge on any atom is -0.294 e. The largest absolute Gasteiger partial charge is 0.294 e. The van der Waals surface area contributed by atoms with Crippen LogP contribution in [0.5, 0.6) is 0 Å². The van der Waals surface area contributed by atoms with Crippen LogP contribution in [0.4, 0.5) is 0 Å². The number of nitrogens with zero attached hydrogens (tertiary/aromatic N) is 1. The molecule has 0 saturated heterocycles. The molecule has 84 valence electrons. The minimum atomic E-state index is -0.165. The van der Waals surface area contributed by atoms with Crippen molar-refractivity contribution in [1.82, 2.24) is 0 Å². The van der Waals surface area contributed by atoms with Gasteiger partial charge in [0, 0.05) is 16.3 Å². The van der Waals surface area contributed by atoms with Crippen LogP contribution in [0.25, 0.3) is 0 Å². The van der Waals surface area contributed by atoms with Crippen LogP contribution in [0.2, 0.25) is 0 Å². The lowest BCUT2D eigenvalue weighted by Gasteiger charge is -2.23. The Labute approximate surface area is 104 Å². The molecule has 2 aliphatic rings. The highest BCUT2D eigenvalue weighted by Crippen LogP contribution is 2.30. The smallest absolute Gasteiger partial charge is 0.170 e. The molecular weight excluding hydrogens is 266 g/mol. The second kappa shape index (κ2) is 4.50. The van der Waals surface area contributed by atoms with E-state index in [1.54, 1.807) is 6.08 Å². The zero-order valence-electron chi connectivity index (χ0n) is 9.46. The number of aliphatic imine (C=N–C) groups is 1. The number of hydrogen-bond donors (Lipinski definition) is 0. The Kier molecular flexibility index (Phi) is 3.24. The second-order valence-corrected chi connectivity index (χ2v) is 4.95. The standard InChI is InChI=1S/C13H14BrNO/c1-3-4-9-7-12(16)10-5-6-11(14)8(2)13(10)15-9/h5-7,10H,3-4H2,1-2H3. The zero-order valence-corrected chi connectivity index (χ0v) is 11.0. The SMILES string of the molecule is CCCC1=CC(=O)C2C=CC(Br)=C(C)C2=N1. The summed E-state index contributed by atoms with van der Waals surface area (Å²) < 4.78 is 1.02. The first-order valence-corrected chi connectivity index (χ1v) is 6.30. The van der Waals surface area contributed by atoms with E-state index >= 15 is 0 Å². The Balaban J connectivity index is 2.41. The maximum absolute atomic E-state index is 11.9. The highest BCUT2D eigenvalue weighted by Gasteiger charge is 2.28. The van der Waals surface area contributed by atoms with Gasteiger partial charge in [-0.25, -0.2) is 0 Å². The molecule has 1 aliphatic carbocycles. The van der Waals surface area contributed by atoms with E-state index in [4.69, 9.17) is 0 Å². The summed E-state index contributed by atoms with van der Waals surface area (Å²) in [6.07, 6.45) is 7.43. The Morgan fingerprint density at radius 3 is 2.94 bits per heavy atom. The van der Waals surface area contributed by atoms with Crippen LogP contribution in [-0.4, -0.2) is 11.5 Å². The lowest BCUT2D eigenvalue weighted by molar-refractivity contribution is -0.115. The molecule has 0 bridgehead atoms. The van der Waals surface area contributed by atoms with E-state index in [0.29, 0.717) is 0 Å². The van der Waals surface area contributed by atoms with Crippen molar-refractivity contribution in [3.63, 3.8) is 0 Å². The van der Waals surface area contributed by atoms with Gasteiger partial charge in [0.1, 0.15) is 0 Å². The maximum Gasteiger partial charge on any atom is 0.170 e. The number of carbonyl (C=O) groups is 1. The molecule has 0 N–H and O–H groups in total. The monoisotopic (exact) mass is 279 g/mol. The van der Waals surface area contributed by atoms with E-state index in [1.165, 1.54) is 0 Å². The van der Waals surface area contributed by atoms with E-state index in [2.05, 4.69) is 27.8 Å². The molecule has 0 saturated carbocycles. The highest BCUT2D eigenvalue weighted by atomic mass is 79.9. The molecule has 1 aliphatic heterocycles. The number of ketones is 1. The Bertz CT molecular complexity index is 455. The van der Waals surface area contributed by atoms with Crippen LogP contribution in [-0.2, 0) is 4.79 Å². The lowest BCUT2D eigenvalue weighted by atomic mass is 9.86. The third-order valence-corrected chi connectivity index (χ3v) is 3.72. The van der Waals surface area contributed by atoms with Gasteiger partial charge in [-0.2, -0.15) is 0 Å². The third-order valence-electron chi connectivity index (χ3n) is 2.86. The average Bonchev–Trinajstić information content (AvgIpc) is 2.25. The topological polar surface area (TPSA) is 29.4 Å². The predicted molar refractivity (Wildman–Crippen MR) is 69.7 cm³/mol. The second-order valence-electron chi connectivity index (χ2n) is 4.09. The van der Waals surface area contributed by atoms with Gasteiger partial charge >= 0.3 is 0 Å². The number of fused-ring (bicyclic) bond motifs is 1. The van der Waals surface area contributed by atoms with Gasteiger partial charge in [0.15, 0.2) is 5.78 Å². The van der Waals surface area contributed by atoms with Gasteiger partial charge in [0.05, 0.1) is 11.6 Å². The normalized spacial score (nSPS) is 24.2. The van der Waals surface area contributed by atoms with Gasteiger partial charge < -0.3 is 0 Å². The molecule has 0 aromatic rings. The van der Waals surface area contributed by atoms with Crippen LogP contribution in [0.1, 0.15) is 26.7 Å². The highest BCUT2D eigenvalue weighted by molar-refractivity contribution is 9.12. The Morgan fingerprint density at radius 1 is 1.50 bits per heavy atom.